The maximum absolute atomic E-state index is 14.0. The summed E-state index contributed by atoms with van der Waals surface area (Å²) in [6.07, 6.45) is 9.18. The maximum Gasteiger partial charge on any atom is 0.256 e. The zero-order valence-electron chi connectivity index (χ0n) is 17.9. The Kier molecular flexibility index (Phi) is 5.56. The summed E-state index contributed by atoms with van der Waals surface area (Å²) in [5.41, 5.74) is 1.68. The molecule has 32 heavy (non-hydrogen) atoms. The first-order valence-electron chi connectivity index (χ1n) is 11.0. The minimum Gasteiger partial charge on any atom is -0.393 e. The average molecular weight is 442 g/mol. The minimum atomic E-state index is -0.401. The van der Waals surface area contributed by atoms with Crippen LogP contribution in [0.1, 0.15) is 42.5 Å². The predicted octanol–water partition coefficient (Wildman–Crippen LogP) is 1.65. The Morgan fingerprint density at radius 1 is 1.38 bits per heavy atom. The van der Waals surface area contributed by atoms with Gasteiger partial charge in [-0.3, -0.25) is 4.79 Å². The van der Waals surface area contributed by atoms with Gasteiger partial charge in [-0.15, -0.1) is 0 Å². The highest BCUT2D eigenvalue weighted by molar-refractivity contribution is 6.00. The lowest BCUT2D eigenvalue weighted by molar-refractivity contribution is 0.0935. The third-order valence-corrected chi connectivity index (χ3v) is 6.49. The van der Waals surface area contributed by atoms with Crippen molar-refractivity contribution >= 4 is 17.4 Å². The van der Waals surface area contributed by atoms with Gasteiger partial charge in [-0.1, -0.05) is 0 Å². The normalized spacial score (nSPS) is 27.9. The molecule has 1 amide bonds. The van der Waals surface area contributed by atoms with E-state index in [0.29, 0.717) is 29.9 Å². The number of fused-ring (bicyclic) bond motifs is 1. The van der Waals surface area contributed by atoms with Crippen LogP contribution >= 0.6 is 0 Å². The fourth-order valence-corrected chi connectivity index (χ4v) is 4.92. The lowest BCUT2D eigenvalue weighted by atomic mass is 10.0. The van der Waals surface area contributed by atoms with Crippen molar-refractivity contribution in [2.45, 2.75) is 56.5 Å². The topological polar surface area (TPSA) is 104 Å². The molecule has 3 aliphatic rings. The highest BCUT2D eigenvalue weighted by Gasteiger charge is 2.34. The SMILES string of the molecule is COC1NC=C(F)C=C1[C@H]1CCCN1c1ccn2ncc(C(=O)N[C@H]3CC[C@H](O)C3)c2n1. The number of halogens is 1. The number of anilines is 1. The van der Waals surface area contributed by atoms with Crippen LogP contribution < -0.4 is 15.5 Å². The van der Waals surface area contributed by atoms with E-state index in [1.807, 2.05) is 6.07 Å². The predicted molar refractivity (Wildman–Crippen MR) is 116 cm³/mol. The molecule has 9 nitrogen and oxygen atoms in total. The molecule has 10 heteroatoms. The first-order chi connectivity index (χ1) is 15.5. The average Bonchev–Trinajstić information content (AvgIpc) is 3.52. The summed E-state index contributed by atoms with van der Waals surface area (Å²) in [5, 5.41) is 19.9. The van der Waals surface area contributed by atoms with E-state index in [2.05, 4.69) is 20.6 Å². The number of methoxy groups -OCH3 is 1. The quantitative estimate of drug-likeness (QED) is 0.647. The highest BCUT2D eigenvalue weighted by Crippen LogP contribution is 2.32. The number of aliphatic hydroxyl groups excluding tert-OH is 1. The summed E-state index contributed by atoms with van der Waals surface area (Å²) < 4.78 is 21.1. The Labute approximate surface area is 184 Å². The van der Waals surface area contributed by atoms with Gasteiger partial charge in [0.05, 0.1) is 18.3 Å². The summed E-state index contributed by atoms with van der Waals surface area (Å²) in [4.78, 5) is 19.8. The number of hydrogen-bond acceptors (Lipinski definition) is 7. The molecule has 2 aliphatic heterocycles. The fraction of sp³-hybridized carbons (Fsp3) is 0.500. The summed E-state index contributed by atoms with van der Waals surface area (Å²) >= 11 is 0. The molecule has 1 unspecified atom stereocenters. The molecule has 0 spiro atoms. The number of ether oxygens (including phenoxy) is 1. The molecule has 0 bridgehead atoms. The molecular weight excluding hydrogens is 415 g/mol. The number of amides is 1. The van der Waals surface area contributed by atoms with E-state index in [1.165, 1.54) is 18.5 Å². The van der Waals surface area contributed by atoms with Crippen LogP contribution in [0.25, 0.3) is 5.65 Å². The lowest BCUT2D eigenvalue weighted by Gasteiger charge is -2.33. The third-order valence-electron chi connectivity index (χ3n) is 6.49. The zero-order chi connectivity index (χ0) is 22.2. The second kappa shape index (κ2) is 8.51. The number of aromatic nitrogens is 3. The summed E-state index contributed by atoms with van der Waals surface area (Å²) in [6, 6.07) is 1.75. The van der Waals surface area contributed by atoms with Gasteiger partial charge in [-0.2, -0.15) is 5.10 Å². The van der Waals surface area contributed by atoms with Crippen molar-refractivity contribution in [3.8, 4) is 0 Å². The van der Waals surface area contributed by atoms with Gasteiger partial charge >= 0.3 is 0 Å². The van der Waals surface area contributed by atoms with Crippen LogP contribution in [0.4, 0.5) is 10.2 Å². The van der Waals surface area contributed by atoms with Gasteiger partial charge in [0.2, 0.25) is 0 Å². The first kappa shape index (κ1) is 20.9. The number of allylic oxidation sites excluding steroid dienone is 2. The molecule has 3 N–H and O–H groups in total. The van der Waals surface area contributed by atoms with Gasteiger partial charge < -0.3 is 25.4 Å². The molecule has 5 rings (SSSR count). The van der Waals surface area contributed by atoms with Crippen molar-refractivity contribution in [1.29, 1.82) is 0 Å². The van der Waals surface area contributed by atoms with E-state index < -0.39 is 6.23 Å². The second-order valence-corrected chi connectivity index (χ2v) is 8.56. The van der Waals surface area contributed by atoms with Crippen molar-refractivity contribution in [3.05, 3.63) is 47.7 Å². The van der Waals surface area contributed by atoms with Crippen molar-refractivity contribution in [2.75, 3.05) is 18.6 Å². The van der Waals surface area contributed by atoms with Crippen molar-refractivity contribution in [3.63, 3.8) is 0 Å². The van der Waals surface area contributed by atoms with Gasteiger partial charge in [0.15, 0.2) is 11.9 Å². The molecule has 2 aromatic heterocycles. The molecule has 170 valence electrons. The van der Waals surface area contributed by atoms with Gasteiger partial charge in [0.25, 0.3) is 5.91 Å². The Morgan fingerprint density at radius 3 is 3.03 bits per heavy atom. The van der Waals surface area contributed by atoms with Crippen LogP contribution in [0.5, 0.6) is 0 Å². The van der Waals surface area contributed by atoms with Crippen LogP contribution in [0.15, 0.2) is 42.1 Å². The summed E-state index contributed by atoms with van der Waals surface area (Å²) in [7, 11) is 1.59. The Hall–Kier alpha value is -2.98. The summed E-state index contributed by atoms with van der Waals surface area (Å²) in [5.74, 6) is 0.124. The number of dihydropyridines is 1. The van der Waals surface area contributed by atoms with Gasteiger partial charge in [-0.25, -0.2) is 13.9 Å². The molecular formula is C22H27FN6O3. The van der Waals surface area contributed by atoms with E-state index in [-0.39, 0.29) is 29.9 Å². The molecule has 2 aromatic rings. The molecule has 4 atom stereocenters. The van der Waals surface area contributed by atoms with Crippen molar-refractivity contribution in [1.82, 2.24) is 25.2 Å². The van der Waals surface area contributed by atoms with Crippen LogP contribution in [0, 0.1) is 0 Å². The molecule has 4 heterocycles. The lowest BCUT2D eigenvalue weighted by Crippen LogP contribution is -2.42. The van der Waals surface area contributed by atoms with Crippen molar-refractivity contribution < 1.29 is 19.0 Å². The number of carbonyl (C=O) groups excluding carboxylic acids is 1. The van der Waals surface area contributed by atoms with Crippen LogP contribution in [-0.2, 0) is 4.74 Å². The summed E-state index contributed by atoms with van der Waals surface area (Å²) in [6.45, 7) is 0.766. The molecule has 1 aliphatic carbocycles. The van der Waals surface area contributed by atoms with Crippen LogP contribution in [0.2, 0.25) is 0 Å². The number of nitrogens with zero attached hydrogens (tertiary/aromatic N) is 4. The monoisotopic (exact) mass is 442 g/mol. The van der Waals surface area contributed by atoms with Crippen molar-refractivity contribution in [2.24, 2.45) is 0 Å². The Bertz CT molecular complexity index is 1080. The first-order valence-corrected chi connectivity index (χ1v) is 11.0. The number of carbonyl (C=O) groups is 1. The second-order valence-electron chi connectivity index (χ2n) is 8.56. The Balaban J connectivity index is 1.42. The van der Waals surface area contributed by atoms with Gasteiger partial charge in [-0.05, 0) is 44.2 Å². The standard InChI is InChI=1S/C22H27FN6O3/c1-32-22-16(9-13(23)11-24-22)18-3-2-7-28(18)19-6-8-29-20(27-19)17(12-25-29)21(31)26-14-4-5-15(30)10-14/h6,8-9,11-12,14-15,18,22,24,30H,2-5,7,10H2,1H3,(H,26,31)/t14-,15-,18+,22?/m0/s1. The molecule has 1 saturated heterocycles. The molecule has 2 fully saturated rings. The van der Waals surface area contributed by atoms with Crippen LogP contribution in [-0.4, -0.2) is 63.7 Å². The Morgan fingerprint density at radius 2 is 2.25 bits per heavy atom. The van der Waals surface area contributed by atoms with E-state index >= 15 is 0 Å². The number of rotatable bonds is 5. The third kappa shape index (κ3) is 3.84. The van der Waals surface area contributed by atoms with Crippen LogP contribution in [0.3, 0.4) is 0 Å². The van der Waals surface area contributed by atoms with E-state index in [0.717, 1.165) is 31.4 Å². The fourth-order valence-electron chi connectivity index (χ4n) is 4.92. The number of aliphatic hydroxyl groups is 1. The molecule has 1 saturated carbocycles. The minimum absolute atomic E-state index is 0.0433. The highest BCUT2D eigenvalue weighted by atomic mass is 19.1. The number of nitrogens with one attached hydrogen (secondary N) is 2. The van der Waals surface area contributed by atoms with Gasteiger partial charge in [0, 0.05) is 37.7 Å². The zero-order valence-corrected chi connectivity index (χ0v) is 17.9. The van der Waals surface area contributed by atoms with Gasteiger partial charge in [0.1, 0.15) is 17.2 Å². The van der Waals surface area contributed by atoms with E-state index in [1.54, 1.807) is 17.8 Å². The maximum atomic E-state index is 14.0. The largest absolute Gasteiger partial charge is 0.393 e. The smallest absolute Gasteiger partial charge is 0.256 e. The van der Waals surface area contributed by atoms with E-state index in [4.69, 9.17) is 9.72 Å². The molecule has 0 aromatic carbocycles. The van der Waals surface area contributed by atoms with E-state index in [9.17, 15) is 14.3 Å². The molecule has 0 radical (unpaired) electrons. The number of hydrogen-bond donors (Lipinski definition) is 3.